The number of hydrogen-bond donors (Lipinski definition) is 2. The van der Waals surface area contributed by atoms with Gasteiger partial charge in [-0.3, -0.25) is 9.59 Å². The number of aryl methyl sites for hydroxylation is 1. The molecule has 1 aromatic rings. The second-order valence-corrected chi connectivity index (χ2v) is 3.43. The van der Waals surface area contributed by atoms with Gasteiger partial charge in [-0.1, -0.05) is 6.07 Å². The summed E-state index contributed by atoms with van der Waals surface area (Å²) < 4.78 is 13.3. The van der Waals surface area contributed by atoms with Crippen molar-refractivity contribution in [2.75, 3.05) is 5.32 Å². The predicted octanol–water partition coefficient (Wildman–Crippen LogP) is 1.94. The first-order valence-corrected chi connectivity index (χ1v) is 4.77. The molecule has 0 radical (unpaired) electrons. The smallest absolute Gasteiger partial charge is 0.303 e. The summed E-state index contributed by atoms with van der Waals surface area (Å²) in [6.07, 6.45) is -0.429. The van der Waals surface area contributed by atoms with E-state index in [4.69, 9.17) is 5.11 Å². The number of halogens is 1. The Hall–Kier alpha value is -1.91. The zero-order chi connectivity index (χ0) is 12.1. The van der Waals surface area contributed by atoms with Crippen LogP contribution in [0.3, 0.4) is 0 Å². The first kappa shape index (κ1) is 12.2. The van der Waals surface area contributed by atoms with E-state index in [0.29, 0.717) is 0 Å². The third-order valence-electron chi connectivity index (χ3n) is 1.96. The van der Waals surface area contributed by atoms with Crippen LogP contribution in [0.1, 0.15) is 18.4 Å². The van der Waals surface area contributed by atoms with Gasteiger partial charge in [0.05, 0.1) is 12.1 Å². The zero-order valence-corrected chi connectivity index (χ0v) is 8.79. The molecule has 86 valence electrons. The molecule has 0 saturated heterocycles. The van der Waals surface area contributed by atoms with E-state index >= 15 is 0 Å². The van der Waals surface area contributed by atoms with Gasteiger partial charge in [0.1, 0.15) is 5.82 Å². The van der Waals surface area contributed by atoms with Gasteiger partial charge in [0, 0.05) is 6.42 Å². The van der Waals surface area contributed by atoms with Gasteiger partial charge in [-0.05, 0) is 24.6 Å². The molecule has 0 aromatic heterocycles. The molecule has 0 heterocycles. The van der Waals surface area contributed by atoms with E-state index in [1.54, 1.807) is 13.0 Å². The Kier molecular flexibility index (Phi) is 3.99. The van der Waals surface area contributed by atoms with Crippen molar-refractivity contribution in [1.29, 1.82) is 0 Å². The van der Waals surface area contributed by atoms with E-state index in [2.05, 4.69) is 5.32 Å². The van der Waals surface area contributed by atoms with Crippen LogP contribution in [0.2, 0.25) is 0 Å². The van der Waals surface area contributed by atoms with Gasteiger partial charge in [0.2, 0.25) is 5.91 Å². The maximum atomic E-state index is 13.3. The van der Waals surface area contributed by atoms with Crippen LogP contribution in [-0.4, -0.2) is 17.0 Å². The van der Waals surface area contributed by atoms with Crippen LogP contribution in [-0.2, 0) is 9.59 Å². The largest absolute Gasteiger partial charge is 0.481 e. The lowest BCUT2D eigenvalue weighted by molar-refractivity contribution is -0.138. The molecule has 0 aliphatic heterocycles. The first-order valence-electron chi connectivity index (χ1n) is 4.77. The van der Waals surface area contributed by atoms with E-state index in [0.717, 1.165) is 5.56 Å². The van der Waals surface area contributed by atoms with Crippen LogP contribution < -0.4 is 5.32 Å². The monoisotopic (exact) mass is 225 g/mol. The van der Waals surface area contributed by atoms with E-state index in [1.165, 1.54) is 12.1 Å². The average molecular weight is 225 g/mol. The van der Waals surface area contributed by atoms with Crippen molar-refractivity contribution in [1.82, 2.24) is 0 Å². The highest BCUT2D eigenvalue weighted by Crippen LogP contribution is 2.15. The van der Waals surface area contributed by atoms with Crippen molar-refractivity contribution in [3.63, 3.8) is 0 Å². The number of amides is 1. The van der Waals surface area contributed by atoms with Crippen molar-refractivity contribution < 1.29 is 19.1 Å². The fraction of sp³-hybridized carbons (Fsp3) is 0.273. The summed E-state index contributed by atoms with van der Waals surface area (Å²) >= 11 is 0. The number of carboxylic acid groups (broad SMARTS) is 1. The van der Waals surface area contributed by atoms with Crippen molar-refractivity contribution in [2.24, 2.45) is 0 Å². The molecule has 1 aromatic carbocycles. The average Bonchev–Trinajstić information content (AvgIpc) is 2.19. The highest BCUT2D eigenvalue weighted by molar-refractivity contribution is 5.92. The lowest BCUT2D eigenvalue weighted by Crippen LogP contribution is -2.14. The number of carboxylic acids is 1. The fourth-order valence-electron chi connectivity index (χ4n) is 1.15. The molecule has 5 heteroatoms. The summed E-state index contributed by atoms with van der Waals surface area (Å²) in [4.78, 5) is 21.4. The van der Waals surface area contributed by atoms with E-state index in [9.17, 15) is 14.0 Å². The van der Waals surface area contributed by atoms with Crippen LogP contribution in [0.15, 0.2) is 18.2 Å². The molecule has 0 bridgehead atoms. The maximum Gasteiger partial charge on any atom is 0.303 e. The molecular formula is C11H12FNO3. The Labute approximate surface area is 92.1 Å². The Morgan fingerprint density at radius 1 is 1.38 bits per heavy atom. The number of carbonyl (C=O) groups is 2. The molecule has 0 atom stereocenters. The van der Waals surface area contributed by atoms with Crippen LogP contribution in [0.4, 0.5) is 10.1 Å². The van der Waals surface area contributed by atoms with Crippen LogP contribution >= 0.6 is 0 Å². The highest BCUT2D eigenvalue weighted by Gasteiger charge is 2.08. The molecular weight excluding hydrogens is 213 g/mol. The minimum Gasteiger partial charge on any atom is -0.481 e. The number of benzene rings is 1. The molecule has 4 nitrogen and oxygen atoms in total. The molecule has 2 N–H and O–H groups in total. The second kappa shape index (κ2) is 5.25. The standard InChI is InChI=1S/C11H12FNO3/c1-7-2-3-9(8(12)6-7)13-10(14)4-5-11(15)16/h2-3,6H,4-5H2,1H3,(H,13,14)(H,15,16). The van der Waals surface area contributed by atoms with E-state index in [1.807, 2.05) is 0 Å². The topological polar surface area (TPSA) is 66.4 Å². The third-order valence-corrected chi connectivity index (χ3v) is 1.96. The lowest BCUT2D eigenvalue weighted by atomic mass is 10.2. The molecule has 0 aliphatic rings. The molecule has 16 heavy (non-hydrogen) atoms. The molecule has 0 fully saturated rings. The number of hydrogen-bond acceptors (Lipinski definition) is 2. The SMILES string of the molecule is Cc1ccc(NC(=O)CCC(=O)O)c(F)c1. The summed E-state index contributed by atoms with van der Waals surface area (Å²) in [5.74, 6) is -2.09. The van der Waals surface area contributed by atoms with Gasteiger partial charge in [0.15, 0.2) is 0 Å². The normalized spacial score (nSPS) is 9.88. The fourth-order valence-corrected chi connectivity index (χ4v) is 1.15. The van der Waals surface area contributed by atoms with Gasteiger partial charge >= 0.3 is 5.97 Å². The Bertz CT molecular complexity index is 418. The number of carbonyl (C=O) groups excluding carboxylic acids is 1. The molecule has 0 saturated carbocycles. The van der Waals surface area contributed by atoms with Crippen LogP contribution in [0, 0.1) is 12.7 Å². The molecule has 0 spiro atoms. The van der Waals surface area contributed by atoms with Crippen LogP contribution in [0.5, 0.6) is 0 Å². The van der Waals surface area contributed by atoms with Crippen molar-refractivity contribution in [2.45, 2.75) is 19.8 Å². The number of nitrogens with one attached hydrogen (secondary N) is 1. The maximum absolute atomic E-state index is 13.3. The predicted molar refractivity (Wildman–Crippen MR) is 56.6 cm³/mol. The van der Waals surface area contributed by atoms with Gasteiger partial charge < -0.3 is 10.4 Å². The summed E-state index contributed by atoms with van der Waals surface area (Å²) in [6.45, 7) is 1.74. The number of anilines is 1. The number of rotatable bonds is 4. The zero-order valence-electron chi connectivity index (χ0n) is 8.79. The minimum absolute atomic E-state index is 0.0704. The second-order valence-electron chi connectivity index (χ2n) is 3.43. The Morgan fingerprint density at radius 3 is 2.62 bits per heavy atom. The van der Waals surface area contributed by atoms with Crippen molar-refractivity contribution in [3.8, 4) is 0 Å². The minimum atomic E-state index is -1.06. The Morgan fingerprint density at radius 2 is 2.06 bits per heavy atom. The molecule has 1 amide bonds. The van der Waals surface area contributed by atoms with E-state index in [-0.39, 0.29) is 18.5 Å². The molecule has 0 unspecified atom stereocenters. The van der Waals surface area contributed by atoms with Crippen molar-refractivity contribution in [3.05, 3.63) is 29.6 Å². The summed E-state index contributed by atoms with van der Waals surface area (Å²) in [5.41, 5.74) is 0.821. The quantitative estimate of drug-likeness (QED) is 0.822. The van der Waals surface area contributed by atoms with Gasteiger partial charge in [0.25, 0.3) is 0 Å². The molecule has 1 rings (SSSR count). The molecule has 0 aliphatic carbocycles. The summed E-state index contributed by atoms with van der Waals surface area (Å²) in [5, 5.41) is 10.7. The van der Waals surface area contributed by atoms with Gasteiger partial charge in [-0.2, -0.15) is 0 Å². The Balaban J connectivity index is 2.59. The number of aliphatic carboxylic acids is 1. The lowest BCUT2D eigenvalue weighted by Gasteiger charge is -2.05. The van der Waals surface area contributed by atoms with Crippen LogP contribution in [0.25, 0.3) is 0 Å². The van der Waals surface area contributed by atoms with Gasteiger partial charge in [-0.15, -0.1) is 0 Å². The van der Waals surface area contributed by atoms with Gasteiger partial charge in [-0.25, -0.2) is 4.39 Å². The third kappa shape index (κ3) is 3.68. The van der Waals surface area contributed by atoms with E-state index < -0.39 is 17.7 Å². The summed E-state index contributed by atoms with van der Waals surface area (Å²) in [7, 11) is 0. The summed E-state index contributed by atoms with van der Waals surface area (Å²) in [6, 6.07) is 4.41. The van der Waals surface area contributed by atoms with Crippen molar-refractivity contribution >= 4 is 17.6 Å². The first-order chi connectivity index (χ1) is 7.49. The highest BCUT2D eigenvalue weighted by atomic mass is 19.1.